The van der Waals surface area contributed by atoms with Crippen molar-refractivity contribution in [2.75, 3.05) is 49.5 Å². The van der Waals surface area contributed by atoms with Crippen molar-refractivity contribution in [1.29, 1.82) is 0 Å². The SMILES string of the molecule is O=C(CO)Nc1c[nH]c2ncc(Br)c(N3CCN(C(=O)CC4CCCN4)CC3)c12. The van der Waals surface area contributed by atoms with Crippen molar-refractivity contribution in [2.24, 2.45) is 0 Å². The van der Waals surface area contributed by atoms with Gasteiger partial charge in [0.2, 0.25) is 11.8 Å². The fourth-order valence-electron chi connectivity index (χ4n) is 4.10. The van der Waals surface area contributed by atoms with Gasteiger partial charge in [0.1, 0.15) is 12.3 Å². The molecule has 0 radical (unpaired) electrons. The lowest BCUT2D eigenvalue weighted by Crippen LogP contribution is -2.49. The highest BCUT2D eigenvalue weighted by atomic mass is 79.9. The van der Waals surface area contributed by atoms with Gasteiger partial charge in [-0.2, -0.15) is 0 Å². The van der Waals surface area contributed by atoms with Crippen LogP contribution in [0.4, 0.5) is 11.4 Å². The second kappa shape index (κ2) is 8.68. The van der Waals surface area contributed by atoms with Gasteiger partial charge >= 0.3 is 0 Å². The first-order chi connectivity index (χ1) is 14.1. The molecule has 0 bridgehead atoms. The number of carbonyl (C=O) groups is 2. The molecule has 2 saturated heterocycles. The first kappa shape index (κ1) is 20.1. The van der Waals surface area contributed by atoms with Crippen LogP contribution in [0.3, 0.4) is 0 Å². The zero-order chi connectivity index (χ0) is 20.4. The van der Waals surface area contributed by atoms with Crippen LogP contribution in [0.1, 0.15) is 19.3 Å². The molecule has 2 aromatic rings. The molecule has 4 N–H and O–H groups in total. The molecule has 2 aliphatic heterocycles. The van der Waals surface area contributed by atoms with Crippen LogP contribution in [0.5, 0.6) is 0 Å². The normalized spacial score (nSPS) is 19.7. The number of amides is 2. The predicted octanol–water partition coefficient (Wildman–Crippen LogP) is 1.05. The average Bonchev–Trinajstić information content (AvgIpc) is 3.38. The van der Waals surface area contributed by atoms with Crippen molar-refractivity contribution in [1.82, 2.24) is 20.2 Å². The number of anilines is 2. The van der Waals surface area contributed by atoms with Gasteiger partial charge < -0.3 is 30.5 Å². The molecule has 4 rings (SSSR count). The molecule has 2 fully saturated rings. The minimum atomic E-state index is -0.583. The van der Waals surface area contributed by atoms with Gasteiger partial charge in [0.15, 0.2) is 0 Å². The molecule has 0 saturated carbocycles. The summed E-state index contributed by atoms with van der Waals surface area (Å²) in [5.41, 5.74) is 2.16. The van der Waals surface area contributed by atoms with Crippen LogP contribution in [0, 0.1) is 0 Å². The van der Waals surface area contributed by atoms with E-state index in [4.69, 9.17) is 5.11 Å². The minimum Gasteiger partial charge on any atom is -0.387 e. The minimum absolute atomic E-state index is 0.209. The number of aromatic amines is 1. The van der Waals surface area contributed by atoms with Crippen LogP contribution in [0.2, 0.25) is 0 Å². The molecule has 0 aliphatic carbocycles. The maximum atomic E-state index is 12.6. The Hall–Kier alpha value is -2.17. The van der Waals surface area contributed by atoms with E-state index in [0.29, 0.717) is 50.0 Å². The molecule has 2 aromatic heterocycles. The van der Waals surface area contributed by atoms with E-state index in [1.165, 1.54) is 0 Å². The molecule has 2 aliphatic rings. The molecule has 0 spiro atoms. The number of halogens is 1. The number of nitrogens with zero attached hydrogens (tertiary/aromatic N) is 3. The third-order valence-corrected chi connectivity index (χ3v) is 6.16. The van der Waals surface area contributed by atoms with Crippen LogP contribution < -0.4 is 15.5 Å². The van der Waals surface area contributed by atoms with Gasteiger partial charge in [-0.3, -0.25) is 9.59 Å². The summed E-state index contributed by atoms with van der Waals surface area (Å²) < 4.78 is 0.819. The highest BCUT2D eigenvalue weighted by Gasteiger charge is 2.27. The number of carbonyl (C=O) groups excluding carboxylic acids is 2. The molecule has 29 heavy (non-hydrogen) atoms. The number of aliphatic hydroxyl groups is 1. The number of rotatable bonds is 5. The Morgan fingerprint density at radius 1 is 1.31 bits per heavy atom. The zero-order valence-corrected chi connectivity index (χ0v) is 17.7. The maximum Gasteiger partial charge on any atom is 0.250 e. The average molecular weight is 465 g/mol. The zero-order valence-electron chi connectivity index (χ0n) is 16.1. The number of hydrogen-bond donors (Lipinski definition) is 4. The molecule has 10 heteroatoms. The number of fused-ring (bicyclic) bond motifs is 1. The lowest BCUT2D eigenvalue weighted by Gasteiger charge is -2.37. The number of hydrogen-bond acceptors (Lipinski definition) is 6. The van der Waals surface area contributed by atoms with Crippen LogP contribution in [-0.4, -0.2) is 77.2 Å². The Labute approximate surface area is 177 Å². The summed E-state index contributed by atoms with van der Waals surface area (Å²) in [5.74, 6) is -0.270. The fraction of sp³-hybridized carbons (Fsp3) is 0.526. The lowest BCUT2D eigenvalue weighted by molar-refractivity contribution is -0.132. The molecule has 2 amide bonds. The molecule has 4 heterocycles. The van der Waals surface area contributed by atoms with E-state index >= 15 is 0 Å². The summed E-state index contributed by atoms with van der Waals surface area (Å²) in [6, 6.07) is 0.312. The quantitative estimate of drug-likeness (QED) is 0.525. The second-order valence-corrected chi connectivity index (χ2v) is 8.31. The largest absolute Gasteiger partial charge is 0.387 e. The summed E-state index contributed by atoms with van der Waals surface area (Å²) in [6.07, 6.45) is 6.19. The van der Waals surface area contributed by atoms with Gasteiger partial charge in [-0.15, -0.1) is 0 Å². The van der Waals surface area contributed by atoms with Gasteiger partial charge in [-0.05, 0) is 35.3 Å². The molecular weight excluding hydrogens is 440 g/mol. The van der Waals surface area contributed by atoms with Crippen molar-refractivity contribution in [3.8, 4) is 0 Å². The Morgan fingerprint density at radius 2 is 2.10 bits per heavy atom. The third kappa shape index (κ3) is 4.24. The topological polar surface area (TPSA) is 114 Å². The fourth-order valence-corrected chi connectivity index (χ4v) is 4.65. The van der Waals surface area contributed by atoms with Crippen molar-refractivity contribution in [3.63, 3.8) is 0 Å². The number of piperazine rings is 1. The molecule has 1 unspecified atom stereocenters. The summed E-state index contributed by atoms with van der Waals surface area (Å²) in [4.78, 5) is 35.9. The van der Waals surface area contributed by atoms with Gasteiger partial charge in [-0.25, -0.2) is 4.98 Å². The molecule has 9 nitrogen and oxygen atoms in total. The smallest absolute Gasteiger partial charge is 0.250 e. The van der Waals surface area contributed by atoms with Crippen molar-refractivity contribution >= 4 is 50.2 Å². The standard InChI is InChI=1S/C19H25BrN6O3/c20-13-9-22-19-17(14(10-23-19)24-15(28)11-27)18(13)26-6-4-25(5-7-26)16(29)8-12-2-1-3-21-12/h9-10,12,21,27H,1-8,11H2,(H,22,23)(H,24,28). The monoisotopic (exact) mass is 464 g/mol. The maximum absolute atomic E-state index is 12.6. The lowest BCUT2D eigenvalue weighted by atomic mass is 10.1. The third-order valence-electron chi connectivity index (χ3n) is 5.58. The summed E-state index contributed by atoms with van der Waals surface area (Å²) in [5, 5.41) is 15.9. The van der Waals surface area contributed by atoms with Gasteiger partial charge in [-0.1, -0.05) is 0 Å². The van der Waals surface area contributed by atoms with Gasteiger partial charge in [0.25, 0.3) is 0 Å². The number of aromatic nitrogens is 2. The Morgan fingerprint density at radius 3 is 2.79 bits per heavy atom. The first-order valence-corrected chi connectivity index (χ1v) is 10.7. The van der Waals surface area contributed by atoms with E-state index in [2.05, 4.69) is 41.4 Å². The number of nitrogens with one attached hydrogen (secondary N) is 3. The Bertz CT molecular complexity index is 903. The van der Waals surface area contributed by atoms with Crippen LogP contribution in [0.25, 0.3) is 11.0 Å². The van der Waals surface area contributed by atoms with Crippen molar-refractivity contribution in [2.45, 2.75) is 25.3 Å². The molecule has 1 atom stereocenters. The molecule has 0 aromatic carbocycles. The summed E-state index contributed by atoms with van der Waals surface area (Å²) in [6.45, 7) is 3.12. The summed E-state index contributed by atoms with van der Waals surface area (Å²) in [7, 11) is 0. The predicted molar refractivity (Wildman–Crippen MR) is 114 cm³/mol. The van der Waals surface area contributed by atoms with Crippen LogP contribution >= 0.6 is 15.9 Å². The summed E-state index contributed by atoms with van der Waals surface area (Å²) >= 11 is 3.59. The van der Waals surface area contributed by atoms with E-state index in [-0.39, 0.29) is 5.91 Å². The van der Waals surface area contributed by atoms with E-state index in [0.717, 1.165) is 34.9 Å². The number of pyridine rings is 1. The second-order valence-electron chi connectivity index (χ2n) is 7.45. The van der Waals surface area contributed by atoms with E-state index in [9.17, 15) is 9.59 Å². The van der Waals surface area contributed by atoms with E-state index in [1.807, 2.05) is 4.90 Å². The van der Waals surface area contributed by atoms with Crippen molar-refractivity contribution < 1.29 is 14.7 Å². The Kier molecular flexibility index (Phi) is 6.02. The number of H-pyrrole nitrogens is 1. The first-order valence-electron chi connectivity index (χ1n) is 9.89. The van der Waals surface area contributed by atoms with Crippen LogP contribution in [0.15, 0.2) is 16.9 Å². The molecular formula is C19H25BrN6O3. The van der Waals surface area contributed by atoms with Gasteiger partial charge in [0, 0.05) is 51.0 Å². The van der Waals surface area contributed by atoms with E-state index < -0.39 is 12.5 Å². The highest BCUT2D eigenvalue weighted by Crippen LogP contribution is 2.38. The molecule has 156 valence electrons. The van der Waals surface area contributed by atoms with E-state index in [1.54, 1.807) is 12.4 Å². The Balaban J connectivity index is 1.50. The van der Waals surface area contributed by atoms with Crippen LogP contribution in [-0.2, 0) is 9.59 Å². The van der Waals surface area contributed by atoms with Crippen molar-refractivity contribution in [3.05, 3.63) is 16.9 Å². The highest BCUT2D eigenvalue weighted by molar-refractivity contribution is 9.10. The van der Waals surface area contributed by atoms with Gasteiger partial charge in [0.05, 0.1) is 21.2 Å². The number of aliphatic hydroxyl groups excluding tert-OH is 1.